The highest BCUT2D eigenvalue weighted by atomic mass is 16.6. The Morgan fingerprint density at radius 1 is 0.612 bits per heavy atom. The van der Waals surface area contributed by atoms with Crippen LogP contribution < -0.4 is 32.3 Å². The third-order valence-electron chi connectivity index (χ3n) is 5.65. The summed E-state index contributed by atoms with van der Waals surface area (Å²) in [6.45, 7) is 13.6. The van der Waals surface area contributed by atoms with E-state index in [0.717, 1.165) is 0 Å². The first-order valence-corrected chi connectivity index (χ1v) is 15.8. The average Bonchev–Trinajstić information content (AvgIpc) is 2.90. The van der Waals surface area contributed by atoms with Gasteiger partial charge in [-0.25, -0.2) is 4.79 Å². The summed E-state index contributed by atoms with van der Waals surface area (Å²) >= 11 is 0. The molecule has 49 heavy (non-hydrogen) atoms. The normalized spacial score (nSPS) is 13.4. The van der Waals surface area contributed by atoms with Gasteiger partial charge in [0.15, 0.2) is 0 Å². The molecule has 280 valence electrons. The van der Waals surface area contributed by atoms with E-state index in [9.17, 15) is 38.4 Å². The van der Waals surface area contributed by atoms with Crippen molar-refractivity contribution >= 4 is 47.6 Å². The maximum Gasteiger partial charge on any atom is 0.407 e. The minimum absolute atomic E-state index is 0.149. The lowest BCUT2D eigenvalue weighted by Crippen LogP contribution is -2.57. The Kier molecular flexibility index (Phi) is 18.3. The van der Waals surface area contributed by atoms with Gasteiger partial charge in [0.05, 0.1) is 25.4 Å². The van der Waals surface area contributed by atoms with E-state index in [1.54, 1.807) is 62.3 Å². The van der Waals surface area contributed by atoms with Crippen molar-refractivity contribution in [2.75, 3.05) is 19.6 Å². The first-order valence-electron chi connectivity index (χ1n) is 15.8. The van der Waals surface area contributed by atoms with E-state index in [1.165, 1.54) is 0 Å². The molecule has 0 aromatic rings. The molecule has 0 saturated heterocycles. The number of nitrogens with one attached hydrogen (secondary N) is 5. The minimum Gasteiger partial charge on any atom is -0.480 e. The summed E-state index contributed by atoms with van der Waals surface area (Å²) in [6, 6.07) is -4.37. The molecule has 0 aliphatic carbocycles. The molecule has 5 amide bonds. The quantitative estimate of drug-likeness (QED) is 0.0553. The molecule has 0 aromatic carbocycles. The highest BCUT2D eigenvalue weighted by molar-refractivity contribution is 5.97. The highest BCUT2D eigenvalue weighted by Crippen LogP contribution is 2.12. The molecular formula is C31H54N6O12. The number of esters is 2. The number of carbonyl (C=O) groups excluding carboxylic acids is 7. The van der Waals surface area contributed by atoms with Crippen molar-refractivity contribution < 1.29 is 57.7 Å². The molecule has 3 atom stereocenters. The van der Waals surface area contributed by atoms with Crippen molar-refractivity contribution in [2.45, 2.75) is 129 Å². The van der Waals surface area contributed by atoms with Gasteiger partial charge in [-0.05, 0) is 81.6 Å². The number of hydrogen-bond acceptors (Lipinski definition) is 12. The fraction of sp³-hybridized carbons (Fsp3) is 0.742. The van der Waals surface area contributed by atoms with E-state index in [-0.39, 0.29) is 13.0 Å². The van der Waals surface area contributed by atoms with Crippen molar-refractivity contribution in [3.8, 4) is 0 Å². The zero-order valence-electron chi connectivity index (χ0n) is 29.9. The van der Waals surface area contributed by atoms with Crippen LogP contribution in [0.3, 0.4) is 0 Å². The van der Waals surface area contributed by atoms with Gasteiger partial charge in [0.2, 0.25) is 23.6 Å². The Bertz CT molecular complexity index is 1190. The first-order chi connectivity index (χ1) is 22.3. The molecule has 0 radical (unpaired) electrons. The smallest absolute Gasteiger partial charge is 0.407 e. The van der Waals surface area contributed by atoms with Gasteiger partial charge >= 0.3 is 24.0 Å². The van der Waals surface area contributed by atoms with Crippen LogP contribution in [0.1, 0.15) is 94.4 Å². The maximum absolute atomic E-state index is 13.5. The van der Waals surface area contributed by atoms with Crippen LogP contribution in [0.2, 0.25) is 0 Å². The van der Waals surface area contributed by atoms with Crippen LogP contribution in [-0.2, 0) is 47.8 Å². The molecule has 18 nitrogen and oxygen atoms in total. The van der Waals surface area contributed by atoms with E-state index in [2.05, 4.69) is 21.3 Å². The van der Waals surface area contributed by atoms with Crippen molar-refractivity contribution in [1.82, 2.24) is 26.6 Å². The third-order valence-corrected chi connectivity index (χ3v) is 5.65. The molecule has 0 bridgehead atoms. The predicted molar refractivity (Wildman–Crippen MR) is 175 cm³/mol. The average molecular weight is 703 g/mol. The topological polar surface area (TPSA) is 271 Å². The van der Waals surface area contributed by atoms with E-state index in [1.807, 2.05) is 5.32 Å². The maximum atomic E-state index is 13.5. The molecular weight excluding hydrogens is 648 g/mol. The van der Waals surface area contributed by atoms with E-state index in [4.69, 9.17) is 25.1 Å². The summed E-state index contributed by atoms with van der Waals surface area (Å²) in [4.78, 5) is 99.1. The molecule has 18 heteroatoms. The van der Waals surface area contributed by atoms with Crippen LogP contribution in [0.5, 0.6) is 0 Å². The van der Waals surface area contributed by atoms with Gasteiger partial charge in [-0.1, -0.05) is 0 Å². The zero-order chi connectivity index (χ0) is 38.2. The molecule has 0 heterocycles. The van der Waals surface area contributed by atoms with Crippen LogP contribution in [0, 0.1) is 0 Å². The third kappa shape index (κ3) is 23.5. The number of unbranched alkanes of at least 4 members (excludes halogenated alkanes) is 1. The zero-order valence-corrected chi connectivity index (χ0v) is 29.9. The van der Waals surface area contributed by atoms with Crippen LogP contribution in [0.4, 0.5) is 4.79 Å². The fourth-order valence-corrected chi connectivity index (χ4v) is 3.72. The number of nitrogens with two attached hydrogens (primary N) is 1. The molecule has 0 rings (SSSR count). The number of rotatable bonds is 18. The molecule has 0 unspecified atom stereocenters. The van der Waals surface area contributed by atoms with Crippen LogP contribution in [-0.4, -0.2) is 107 Å². The monoisotopic (exact) mass is 702 g/mol. The number of carbonyl (C=O) groups is 8. The molecule has 0 aliphatic heterocycles. The van der Waals surface area contributed by atoms with Gasteiger partial charge in [-0.3, -0.25) is 33.6 Å². The SMILES string of the molecule is CC(C)(C)OC(=O)C[C@@H](NC(=O)[C@H](N)CCCCNC(=O)OC(C)(C)C)C(=O)N[C@H](CC(=O)OC(C)(C)C)C(=O)NCC(=O)NCC(=O)O. The second kappa shape index (κ2) is 20.1. The van der Waals surface area contributed by atoms with Crippen molar-refractivity contribution in [2.24, 2.45) is 5.73 Å². The molecule has 0 fully saturated rings. The van der Waals surface area contributed by atoms with Crippen molar-refractivity contribution in [3.63, 3.8) is 0 Å². The molecule has 8 N–H and O–H groups in total. The lowest BCUT2D eigenvalue weighted by molar-refractivity contribution is -0.158. The summed E-state index contributed by atoms with van der Waals surface area (Å²) in [6.07, 6.45) is -0.944. The van der Waals surface area contributed by atoms with Crippen LogP contribution >= 0.6 is 0 Å². The standard InChI is InChI=1S/C31H54N6O12/c1-29(2,3)47-23(41)14-19(26(44)35-16-21(38)34-17-22(39)40)37-27(45)20(15-24(42)48-30(4,5)6)36-25(43)18(32)12-10-11-13-33-28(46)49-31(7,8)9/h18-20H,10-17,32H2,1-9H3,(H,33,46)(H,34,38)(H,35,44)(H,36,43)(H,37,45)(H,39,40)/t18-,19-,20-/m1/s1. The molecule has 0 aromatic heterocycles. The summed E-state index contributed by atoms with van der Waals surface area (Å²) in [5.74, 6) is -6.79. The van der Waals surface area contributed by atoms with E-state index < -0.39 is 108 Å². The number of amides is 5. The predicted octanol–water partition coefficient (Wildman–Crippen LogP) is -0.241. The summed E-state index contributed by atoms with van der Waals surface area (Å²) < 4.78 is 15.7. The Balaban J connectivity index is 5.75. The lowest BCUT2D eigenvalue weighted by atomic mass is 10.1. The Morgan fingerprint density at radius 2 is 1.08 bits per heavy atom. The molecule has 0 saturated carbocycles. The van der Waals surface area contributed by atoms with Crippen LogP contribution in [0.25, 0.3) is 0 Å². The Hall–Kier alpha value is -4.48. The van der Waals surface area contributed by atoms with Gasteiger partial charge in [-0.15, -0.1) is 0 Å². The van der Waals surface area contributed by atoms with Crippen molar-refractivity contribution in [3.05, 3.63) is 0 Å². The second-order valence-corrected chi connectivity index (χ2v) is 14.1. The summed E-state index contributed by atoms with van der Waals surface area (Å²) in [7, 11) is 0. The number of carboxylic acid groups (broad SMARTS) is 1. The summed E-state index contributed by atoms with van der Waals surface area (Å²) in [5, 5.41) is 20.3. The van der Waals surface area contributed by atoms with Crippen LogP contribution in [0.15, 0.2) is 0 Å². The van der Waals surface area contributed by atoms with E-state index >= 15 is 0 Å². The number of alkyl carbamates (subject to hydrolysis) is 1. The highest BCUT2D eigenvalue weighted by Gasteiger charge is 2.33. The van der Waals surface area contributed by atoms with E-state index in [0.29, 0.717) is 12.8 Å². The van der Waals surface area contributed by atoms with Crippen molar-refractivity contribution in [1.29, 1.82) is 0 Å². The summed E-state index contributed by atoms with van der Waals surface area (Å²) in [5.41, 5.74) is 3.49. The second-order valence-electron chi connectivity index (χ2n) is 14.1. The van der Waals surface area contributed by atoms with Gasteiger partial charge < -0.3 is 51.6 Å². The molecule has 0 aliphatic rings. The number of aliphatic carboxylic acids is 1. The Morgan fingerprint density at radius 3 is 1.55 bits per heavy atom. The van der Waals surface area contributed by atoms with Gasteiger partial charge in [0.25, 0.3) is 0 Å². The van der Waals surface area contributed by atoms with Gasteiger partial charge in [0.1, 0.15) is 35.4 Å². The minimum atomic E-state index is -1.64. The lowest BCUT2D eigenvalue weighted by Gasteiger charge is -2.26. The number of ether oxygens (including phenoxy) is 3. The number of hydrogen-bond donors (Lipinski definition) is 7. The largest absolute Gasteiger partial charge is 0.480 e. The van der Waals surface area contributed by atoms with Gasteiger partial charge in [0, 0.05) is 6.54 Å². The van der Waals surface area contributed by atoms with Gasteiger partial charge in [-0.2, -0.15) is 0 Å². The number of carboxylic acids is 1. The molecule has 0 spiro atoms. The Labute approximate surface area is 286 Å². The fourth-order valence-electron chi connectivity index (χ4n) is 3.72. The first kappa shape index (κ1) is 44.5.